The van der Waals surface area contributed by atoms with Crippen molar-refractivity contribution in [3.8, 4) is 0 Å². The number of aliphatic hydroxyl groups excluding tert-OH is 1. The zero-order valence-electron chi connectivity index (χ0n) is 21.6. The van der Waals surface area contributed by atoms with E-state index < -0.39 is 76.3 Å². The number of ether oxygens (including phenoxy) is 1. The van der Waals surface area contributed by atoms with Gasteiger partial charge in [0.25, 0.3) is 0 Å². The summed E-state index contributed by atoms with van der Waals surface area (Å²) in [5.41, 5.74) is -5.78. The molecule has 4 aliphatic rings. The van der Waals surface area contributed by atoms with Gasteiger partial charge in [0.15, 0.2) is 5.78 Å². The largest absolute Gasteiger partial charge is 0.481 e. The highest BCUT2D eigenvalue weighted by Gasteiger charge is 2.77. The third kappa shape index (κ3) is 3.42. The summed E-state index contributed by atoms with van der Waals surface area (Å²) in [7, 11) is 0. The summed E-state index contributed by atoms with van der Waals surface area (Å²) in [4.78, 5) is 37.2. The van der Waals surface area contributed by atoms with Crippen molar-refractivity contribution in [1.82, 2.24) is 0 Å². The second-order valence-corrected chi connectivity index (χ2v) is 12.0. The first-order valence-corrected chi connectivity index (χ1v) is 13.1. The molecule has 1 unspecified atom stereocenters. The number of aliphatic hydroxyl groups is 3. The van der Waals surface area contributed by atoms with Crippen LogP contribution in [0.5, 0.6) is 0 Å². The maximum Gasteiger partial charge on any atom is 0.303 e. The molecule has 0 amide bonds. The molecule has 4 N–H and O–H groups in total. The molecule has 0 bridgehead atoms. The third-order valence-electron chi connectivity index (χ3n) is 10.4. The highest BCUT2D eigenvalue weighted by Crippen LogP contribution is 2.71. The monoisotopic (exact) mass is 510 g/mol. The Balaban J connectivity index is 1.76. The summed E-state index contributed by atoms with van der Waals surface area (Å²) in [5, 5.41) is 43.9. The van der Waals surface area contributed by atoms with Crippen LogP contribution in [0.4, 0.5) is 4.39 Å². The fourth-order valence-electron chi connectivity index (χ4n) is 8.45. The highest BCUT2D eigenvalue weighted by molar-refractivity contribution is 5.95. The van der Waals surface area contributed by atoms with E-state index in [1.165, 1.54) is 6.08 Å². The van der Waals surface area contributed by atoms with Crippen LogP contribution in [0.2, 0.25) is 0 Å². The van der Waals surface area contributed by atoms with Gasteiger partial charge in [0.2, 0.25) is 11.6 Å². The molecule has 3 saturated carbocycles. The Morgan fingerprint density at radius 3 is 2.53 bits per heavy atom. The lowest BCUT2D eigenvalue weighted by Crippen LogP contribution is -2.71. The number of allylic oxidation sites excluding steroid dienone is 1. The van der Waals surface area contributed by atoms with Gasteiger partial charge in [-0.25, -0.2) is 4.39 Å². The number of alkyl halides is 1. The predicted molar refractivity (Wildman–Crippen MR) is 126 cm³/mol. The van der Waals surface area contributed by atoms with Crippen LogP contribution >= 0.6 is 0 Å². The molecular formula is C27H39FO8. The number of hydrogen-bond donors (Lipinski definition) is 4. The Kier molecular flexibility index (Phi) is 6.60. The van der Waals surface area contributed by atoms with Crippen molar-refractivity contribution < 1.29 is 43.9 Å². The van der Waals surface area contributed by atoms with Crippen LogP contribution in [-0.4, -0.2) is 67.7 Å². The maximum absolute atomic E-state index is 17.3. The normalized spacial score (nSPS) is 45.7. The smallest absolute Gasteiger partial charge is 0.303 e. The van der Waals surface area contributed by atoms with Gasteiger partial charge in [-0.3, -0.25) is 14.4 Å². The maximum atomic E-state index is 17.3. The third-order valence-corrected chi connectivity index (χ3v) is 10.4. The van der Waals surface area contributed by atoms with E-state index in [-0.39, 0.29) is 25.2 Å². The number of hydrogen-bond acceptors (Lipinski definition) is 7. The number of carboxylic acid groups (broad SMARTS) is 1. The molecule has 202 valence electrons. The molecule has 36 heavy (non-hydrogen) atoms. The fourth-order valence-corrected chi connectivity index (χ4v) is 8.45. The van der Waals surface area contributed by atoms with Gasteiger partial charge in [0.1, 0.15) is 11.3 Å². The summed E-state index contributed by atoms with van der Waals surface area (Å²) < 4.78 is 22.7. The number of fused-ring (bicyclic) bond motifs is 5. The SMILES string of the molecule is CCOC(O)(CCC(=O)O)C(=O)[C@@]1(O)[C@@H](C)C[C@H]2[C@@H]3CCC4=CC(=O)CC[C@]4(C)[C@@]3(F)[C@@H](O)C[C@@]21C. The lowest BCUT2D eigenvalue weighted by Gasteiger charge is -2.63. The number of ketones is 2. The van der Waals surface area contributed by atoms with Gasteiger partial charge in [-0.2, -0.15) is 0 Å². The summed E-state index contributed by atoms with van der Waals surface area (Å²) in [6.07, 6.45) is 0.404. The molecule has 0 aromatic rings. The molecule has 0 radical (unpaired) electrons. The van der Waals surface area contributed by atoms with Crippen molar-refractivity contribution >= 4 is 17.5 Å². The van der Waals surface area contributed by atoms with Crippen molar-refractivity contribution in [3.63, 3.8) is 0 Å². The first-order chi connectivity index (χ1) is 16.6. The Morgan fingerprint density at radius 2 is 1.92 bits per heavy atom. The first-order valence-electron chi connectivity index (χ1n) is 13.1. The Labute approximate surface area is 210 Å². The Hall–Kier alpha value is -1.68. The quantitative estimate of drug-likeness (QED) is 0.383. The molecule has 0 heterocycles. The minimum absolute atomic E-state index is 0.0364. The van der Waals surface area contributed by atoms with E-state index >= 15 is 4.39 Å². The minimum Gasteiger partial charge on any atom is -0.481 e. The minimum atomic E-state index is -2.53. The van der Waals surface area contributed by atoms with Gasteiger partial charge in [0.05, 0.1) is 12.5 Å². The second-order valence-electron chi connectivity index (χ2n) is 12.0. The standard InChI is InChI=1S/C27H39FO8/c1-5-36-25(34,11-9-21(31)32)22(33)27(35)15(2)12-19-18-7-6-16-13-17(29)8-10-23(16,3)26(18,28)20(30)14-24(19,27)4/h13,15,18-20,30,34-35H,5-12,14H2,1-4H3,(H,31,32)/t15-,18-,19-,20-,23-,24-,25?,26-,27-/m0/s1. The van der Waals surface area contributed by atoms with Crippen LogP contribution in [-0.2, 0) is 19.1 Å². The molecule has 4 aliphatic carbocycles. The second kappa shape index (κ2) is 8.68. The van der Waals surface area contributed by atoms with Crippen molar-refractivity contribution in [2.24, 2.45) is 28.6 Å². The Bertz CT molecular complexity index is 996. The number of carboxylic acids is 1. The number of aliphatic carboxylic acids is 1. The number of Topliss-reactive ketones (excluding diaryl/α,β-unsaturated/α-hetero) is 1. The van der Waals surface area contributed by atoms with Crippen LogP contribution in [0.1, 0.15) is 79.1 Å². The summed E-state index contributed by atoms with van der Waals surface area (Å²) in [6, 6.07) is 0. The van der Waals surface area contributed by atoms with E-state index in [0.717, 1.165) is 5.57 Å². The van der Waals surface area contributed by atoms with E-state index in [9.17, 15) is 29.7 Å². The van der Waals surface area contributed by atoms with E-state index in [1.54, 1.807) is 27.7 Å². The molecule has 0 aromatic heterocycles. The summed E-state index contributed by atoms with van der Waals surface area (Å²) >= 11 is 0. The Morgan fingerprint density at radius 1 is 1.25 bits per heavy atom. The zero-order valence-corrected chi connectivity index (χ0v) is 21.6. The average molecular weight is 511 g/mol. The van der Waals surface area contributed by atoms with Crippen molar-refractivity contribution in [2.45, 2.75) is 102 Å². The molecule has 3 fully saturated rings. The van der Waals surface area contributed by atoms with Crippen LogP contribution < -0.4 is 0 Å². The number of halogens is 1. The van der Waals surface area contributed by atoms with Gasteiger partial charge < -0.3 is 25.2 Å². The molecule has 0 aliphatic heterocycles. The van der Waals surface area contributed by atoms with Crippen molar-refractivity contribution in [2.75, 3.05) is 6.61 Å². The van der Waals surface area contributed by atoms with Crippen LogP contribution in [0.15, 0.2) is 11.6 Å². The molecule has 9 atom stereocenters. The summed E-state index contributed by atoms with van der Waals surface area (Å²) in [6.45, 7) is 6.59. The molecule has 9 heteroatoms. The van der Waals surface area contributed by atoms with Gasteiger partial charge in [-0.15, -0.1) is 0 Å². The van der Waals surface area contributed by atoms with Gasteiger partial charge in [-0.1, -0.05) is 26.3 Å². The molecule has 0 aromatic carbocycles. The fraction of sp³-hybridized carbons (Fsp3) is 0.815. The van der Waals surface area contributed by atoms with E-state index in [2.05, 4.69) is 0 Å². The van der Waals surface area contributed by atoms with Gasteiger partial charge in [0, 0.05) is 36.2 Å². The first kappa shape index (κ1) is 27.4. The van der Waals surface area contributed by atoms with Crippen molar-refractivity contribution in [3.05, 3.63) is 11.6 Å². The summed E-state index contributed by atoms with van der Waals surface area (Å²) in [5.74, 6) is -6.64. The van der Waals surface area contributed by atoms with Crippen LogP contribution in [0, 0.1) is 28.6 Å². The molecule has 0 saturated heterocycles. The van der Waals surface area contributed by atoms with E-state index in [1.807, 2.05) is 0 Å². The van der Waals surface area contributed by atoms with E-state index in [0.29, 0.717) is 25.7 Å². The highest BCUT2D eigenvalue weighted by atomic mass is 19.1. The average Bonchev–Trinajstić information content (AvgIpc) is 3.00. The van der Waals surface area contributed by atoms with Gasteiger partial charge >= 0.3 is 5.97 Å². The van der Waals surface area contributed by atoms with Gasteiger partial charge in [-0.05, 0) is 56.9 Å². The zero-order chi connectivity index (χ0) is 26.9. The molecule has 8 nitrogen and oxygen atoms in total. The van der Waals surface area contributed by atoms with Crippen LogP contribution in [0.3, 0.4) is 0 Å². The van der Waals surface area contributed by atoms with E-state index in [4.69, 9.17) is 9.84 Å². The number of carbonyl (C=O) groups is 3. The number of rotatable bonds is 7. The van der Waals surface area contributed by atoms with Crippen molar-refractivity contribution in [1.29, 1.82) is 0 Å². The number of carbonyl (C=O) groups excluding carboxylic acids is 2. The predicted octanol–water partition coefficient (Wildman–Crippen LogP) is 2.72. The molecule has 4 rings (SSSR count). The van der Waals surface area contributed by atoms with Crippen LogP contribution in [0.25, 0.3) is 0 Å². The molecular weight excluding hydrogens is 471 g/mol. The lowest BCUT2D eigenvalue weighted by molar-refractivity contribution is -0.250. The topological polar surface area (TPSA) is 141 Å². The lowest BCUT2D eigenvalue weighted by atomic mass is 9.43. The molecule has 0 spiro atoms.